The number of benzene rings is 2. The molecule has 8 nitrogen and oxygen atoms in total. The quantitative estimate of drug-likeness (QED) is 0.401. The van der Waals surface area contributed by atoms with E-state index < -0.39 is 0 Å². The fourth-order valence-electron chi connectivity index (χ4n) is 4.92. The Morgan fingerprint density at radius 1 is 1.20 bits per heavy atom. The summed E-state index contributed by atoms with van der Waals surface area (Å²) in [4.78, 5) is 30.6. The first-order valence-corrected chi connectivity index (χ1v) is 12.1. The fraction of sp³-hybridized carbons (Fsp3) is 0.370. The van der Waals surface area contributed by atoms with Crippen LogP contribution in [0.3, 0.4) is 0 Å². The van der Waals surface area contributed by atoms with E-state index in [9.17, 15) is 9.59 Å². The molecule has 0 radical (unpaired) electrons. The number of para-hydroxylation sites is 1. The van der Waals surface area contributed by atoms with Gasteiger partial charge in [0, 0.05) is 50.1 Å². The number of carbonyl (C=O) groups excluding carboxylic acids is 2. The summed E-state index contributed by atoms with van der Waals surface area (Å²) in [5.74, 6) is 0.939. The Morgan fingerprint density at radius 2 is 2.00 bits per heavy atom. The molecule has 8 heteroatoms. The molecule has 1 saturated carbocycles. The molecule has 35 heavy (non-hydrogen) atoms. The van der Waals surface area contributed by atoms with Crippen LogP contribution in [0.4, 0.5) is 5.69 Å². The highest BCUT2D eigenvalue weighted by Crippen LogP contribution is 2.38. The van der Waals surface area contributed by atoms with Gasteiger partial charge >= 0.3 is 0 Å². The van der Waals surface area contributed by atoms with E-state index in [1.807, 2.05) is 42.9 Å². The summed E-state index contributed by atoms with van der Waals surface area (Å²) in [5.41, 5.74) is 3.66. The number of methoxy groups -OCH3 is 1. The highest BCUT2D eigenvalue weighted by molar-refractivity contribution is 6.08. The Labute approximate surface area is 204 Å². The van der Waals surface area contributed by atoms with Crippen molar-refractivity contribution in [1.82, 2.24) is 19.4 Å². The predicted molar refractivity (Wildman–Crippen MR) is 137 cm³/mol. The van der Waals surface area contributed by atoms with Gasteiger partial charge in [0.25, 0.3) is 5.91 Å². The van der Waals surface area contributed by atoms with Gasteiger partial charge < -0.3 is 24.5 Å². The molecule has 2 aromatic heterocycles. The number of anilines is 1. The highest BCUT2D eigenvalue weighted by atomic mass is 16.5. The number of fused-ring (bicyclic) bond motifs is 2. The second kappa shape index (κ2) is 9.54. The summed E-state index contributed by atoms with van der Waals surface area (Å²) in [5, 5.41) is 7.15. The third kappa shape index (κ3) is 4.53. The van der Waals surface area contributed by atoms with E-state index in [4.69, 9.17) is 9.72 Å². The van der Waals surface area contributed by atoms with Crippen LogP contribution in [-0.4, -0.2) is 45.7 Å². The van der Waals surface area contributed by atoms with Crippen molar-refractivity contribution < 1.29 is 14.3 Å². The van der Waals surface area contributed by atoms with Gasteiger partial charge in [-0.15, -0.1) is 0 Å². The first-order valence-electron chi connectivity index (χ1n) is 12.1. The zero-order chi connectivity index (χ0) is 24.5. The van der Waals surface area contributed by atoms with Crippen LogP contribution in [-0.2, 0) is 23.1 Å². The number of imidazole rings is 1. The monoisotopic (exact) mass is 473 g/mol. The molecule has 4 aromatic rings. The van der Waals surface area contributed by atoms with Crippen molar-refractivity contribution in [3.63, 3.8) is 0 Å². The molecule has 2 heterocycles. The molecule has 1 atom stereocenters. The maximum Gasteiger partial charge on any atom is 0.253 e. The Bertz CT molecular complexity index is 1400. The van der Waals surface area contributed by atoms with Crippen LogP contribution in [0.15, 0.2) is 48.7 Å². The molecule has 0 spiro atoms. The minimum absolute atomic E-state index is 0.0586. The molecular weight excluding hydrogens is 442 g/mol. The van der Waals surface area contributed by atoms with Gasteiger partial charge in [-0.1, -0.05) is 24.6 Å². The predicted octanol–water partition coefficient (Wildman–Crippen LogP) is 4.20. The van der Waals surface area contributed by atoms with E-state index >= 15 is 0 Å². The lowest BCUT2D eigenvalue weighted by atomic mass is 9.85. The van der Waals surface area contributed by atoms with Crippen LogP contribution >= 0.6 is 0 Å². The van der Waals surface area contributed by atoms with Gasteiger partial charge in [0.15, 0.2) is 0 Å². The summed E-state index contributed by atoms with van der Waals surface area (Å²) in [7, 11) is 3.44. The van der Waals surface area contributed by atoms with Crippen LogP contribution < -0.4 is 10.6 Å². The molecule has 2 aromatic carbocycles. The van der Waals surface area contributed by atoms with E-state index in [0.29, 0.717) is 29.2 Å². The van der Waals surface area contributed by atoms with Crippen molar-refractivity contribution in [2.45, 2.75) is 44.7 Å². The number of rotatable bonds is 8. The summed E-state index contributed by atoms with van der Waals surface area (Å²) in [6, 6.07) is 13.7. The average molecular weight is 474 g/mol. The van der Waals surface area contributed by atoms with Gasteiger partial charge in [-0.05, 0) is 49.4 Å². The fourth-order valence-corrected chi connectivity index (χ4v) is 4.92. The summed E-state index contributed by atoms with van der Waals surface area (Å²) < 4.78 is 9.13. The number of aryl methyl sites for hydroxylation is 1. The molecule has 0 bridgehead atoms. The van der Waals surface area contributed by atoms with Crippen molar-refractivity contribution in [2.24, 2.45) is 7.05 Å². The van der Waals surface area contributed by atoms with Crippen LogP contribution in [0.2, 0.25) is 0 Å². The van der Waals surface area contributed by atoms with Gasteiger partial charge in [0.1, 0.15) is 12.4 Å². The third-order valence-corrected chi connectivity index (χ3v) is 6.81. The topological polar surface area (TPSA) is 90.2 Å². The number of amides is 2. The maximum atomic E-state index is 13.5. The molecule has 0 unspecified atom stereocenters. The van der Waals surface area contributed by atoms with E-state index in [2.05, 4.69) is 33.4 Å². The number of carbonyl (C=O) groups is 2. The van der Waals surface area contributed by atoms with Crippen LogP contribution in [0.1, 0.15) is 48.3 Å². The number of hydrogen-bond acceptors (Lipinski definition) is 4. The Kier molecular flexibility index (Phi) is 6.30. The zero-order valence-electron chi connectivity index (χ0n) is 20.4. The normalized spacial score (nSPS) is 14.7. The van der Waals surface area contributed by atoms with Gasteiger partial charge in [0.05, 0.1) is 16.6 Å². The van der Waals surface area contributed by atoms with Crippen LogP contribution in [0.5, 0.6) is 0 Å². The first kappa shape index (κ1) is 23.1. The van der Waals surface area contributed by atoms with Gasteiger partial charge in [-0.3, -0.25) is 9.59 Å². The van der Waals surface area contributed by atoms with Gasteiger partial charge in [0.2, 0.25) is 5.91 Å². The molecular formula is C27H31N5O3. The average Bonchev–Trinajstić information content (AvgIpc) is 3.33. The van der Waals surface area contributed by atoms with Crippen LogP contribution in [0, 0.1) is 0 Å². The van der Waals surface area contributed by atoms with Crippen molar-refractivity contribution in [1.29, 1.82) is 0 Å². The van der Waals surface area contributed by atoms with E-state index in [1.54, 1.807) is 6.07 Å². The molecule has 5 rings (SSSR count). The van der Waals surface area contributed by atoms with Crippen molar-refractivity contribution in [3.05, 3.63) is 60.0 Å². The van der Waals surface area contributed by atoms with Crippen molar-refractivity contribution in [2.75, 3.05) is 19.0 Å². The maximum absolute atomic E-state index is 13.5. The molecule has 1 fully saturated rings. The molecule has 2 amide bonds. The largest absolute Gasteiger partial charge is 0.375 e. The summed E-state index contributed by atoms with van der Waals surface area (Å²) in [6.45, 7) is 2.58. The SMILES string of the molecule is COCC(=O)Nc1cc(C(=O)N[C@H](C)Cn2ccc3ccccc32)c2c(c1)nc(C1CCC1)n2C. The lowest BCUT2D eigenvalue weighted by Gasteiger charge is -2.24. The second-order valence-corrected chi connectivity index (χ2v) is 9.43. The number of ether oxygens (including phenoxy) is 1. The number of nitrogens with one attached hydrogen (secondary N) is 2. The Balaban J connectivity index is 1.44. The summed E-state index contributed by atoms with van der Waals surface area (Å²) >= 11 is 0. The van der Waals surface area contributed by atoms with Crippen molar-refractivity contribution >= 4 is 39.4 Å². The first-order chi connectivity index (χ1) is 16.9. The number of aromatic nitrogens is 3. The molecule has 0 saturated heterocycles. The smallest absolute Gasteiger partial charge is 0.253 e. The molecule has 2 N–H and O–H groups in total. The second-order valence-electron chi connectivity index (χ2n) is 9.43. The zero-order valence-corrected chi connectivity index (χ0v) is 20.4. The lowest BCUT2D eigenvalue weighted by Crippen LogP contribution is -2.35. The minimum Gasteiger partial charge on any atom is -0.375 e. The van der Waals surface area contributed by atoms with E-state index in [1.165, 1.54) is 18.9 Å². The molecule has 182 valence electrons. The van der Waals surface area contributed by atoms with Crippen LogP contribution in [0.25, 0.3) is 21.9 Å². The molecule has 1 aliphatic carbocycles. The number of hydrogen-bond donors (Lipinski definition) is 2. The molecule has 0 aliphatic heterocycles. The lowest BCUT2D eigenvalue weighted by molar-refractivity contribution is -0.119. The summed E-state index contributed by atoms with van der Waals surface area (Å²) in [6.07, 6.45) is 5.46. The van der Waals surface area contributed by atoms with Crippen molar-refractivity contribution in [3.8, 4) is 0 Å². The van der Waals surface area contributed by atoms with Gasteiger partial charge in [-0.2, -0.15) is 0 Å². The Morgan fingerprint density at radius 3 is 2.74 bits per heavy atom. The molecule has 1 aliphatic rings. The third-order valence-electron chi connectivity index (χ3n) is 6.81. The van der Waals surface area contributed by atoms with Gasteiger partial charge in [-0.25, -0.2) is 4.98 Å². The Hall–Kier alpha value is -3.65. The van der Waals surface area contributed by atoms with E-state index in [-0.39, 0.29) is 24.5 Å². The minimum atomic E-state index is -0.277. The van der Waals surface area contributed by atoms with E-state index in [0.717, 1.165) is 29.7 Å². The number of nitrogens with zero attached hydrogens (tertiary/aromatic N) is 3. The highest BCUT2D eigenvalue weighted by Gasteiger charge is 2.27. The standard InChI is InChI=1S/C27H31N5O3/c1-17(15-32-12-11-18-7-4-5-10-23(18)32)28-27(34)21-13-20(29-24(33)16-35-3)14-22-25(21)31(2)26(30-22)19-8-6-9-19/h4-5,7,10-14,17,19H,6,8-9,15-16H2,1-3H3,(H,28,34)(H,29,33)/t17-/m1/s1.